The third-order valence-corrected chi connectivity index (χ3v) is 3.69. The molecule has 3 heteroatoms. The van der Waals surface area contributed by atoms with E-state index in [1.165, 1.54) is 0 Å². The minimum atomic E-state index is -0.429. The van der Waals surface area contributed by atoms with Crippen LogP contribution in [-0.4, -0.2) is 19.3 Å². The average molecular weight is 285 g/mol. The number of para-hydroxylation sites is 2. The van der Waals surface area contributed by atoms with Gasteiger partial charge in [0, 0.05) is 30.4 Å². The van der Waals surface area contributed by atoms with E-state index in [4.69, 9.17) is 4.74 Å². The highest BCUT2D eigenvalue weighted by atomic mass is 16.5. The molecule has 112 valence electrons. The van der Waals surface area contributed by atoms with Crippen molar-refractivity contribution in [1.82, 2.24) is 0 Å². The van der Waals surface area contributed by atoms with Gasteiger partial charge in [-0.15, -0.1) is 0 Å². The van der Waals surface area contributed by atoms with Gasteiger partial charge >= 0.3 is 0 Å². The molecule has 2 aromatic rings. The van der Waals surface area contributed by atoms with Gasteiger partial charge in [-0.05, 0) is 18.6 Å². The zero-order chi connectivity index (χ0) is 15.2. The maximum Gasteiger partial charge on any atom is 0.123 e. The summed E-state index contributed by atoms with van der Waals surface area (Å²) < 4.78 is 5.40. The van der Waals surface area contributed by atoms with Crippen LogP contribution in [0.25, 0.3) is 0 Å². The van der Waals surface area contributed by atoms with Gasteiger partial charge in [-0.25, -0.2) is 0 Å². The number of aliphatic hydroxyl groups is 1. The molecule has 0 unspecified atom stereocenters. The molecule has 3 nitrogen and oxygen atoms in total. The molecule has 0 saturated carbocycles. The maximum absolute atomic E-state index is 10.2. The lowest BCUT2D eigenvalue weighted by atomic mass is 10.0. The van der Waals surface area contributed by atoms with Crippen molar-refractivity contribution in [3.63, 3.8) is 0 Å². The third kappa shape index (κ3) is 3.56. The number of ether oxygens (including phenoxy) is 1. The normalized spacial score (nSPS) is 12.0. The number of rotatable bonds is 6. The van der Waals surface area contributed by atoms with E-state index in [1.54, 1.807) is 7.11 Å². The summed E-state index contributed by atoms with van der Waals surface area (Å²) in [5, 5.41) is 10.2. The standard InChI is InChI=1S/C18H23NO2/c1-4-17(20)15-10-6-7-11-16(15)19(2)13-14-9-5-8-12-18(14)21-3/h5-12,17,20H,4,13H2,1-3H3/t17-/m1/s1. The van der Waals surface area contributed by atoms with Gasteiger partial charge in [-0.3, -0.25) is 0 Å². The van der Waals surface area contributed by atoms with Crippen molar-refractivity contribution in [2.75, 3.05) is 19.1 Å². The predicted molar refractivity (Wildman–Crippen MR) is 86.8 cm³/mol. The second-order valence-electron chi connectivity index (χ2n) is 5.15. The van der Waals surface area contributed by atoms with Crippen molar-refractivity contribution in [2.24, 2.45) is 0 Å². The maximum atomic E-state index is 10.2. The molecule has 0 aliphatic rings. The molecule has 0 heterocycles. The van der Waals surface area contributed by atoms with Gasteiger partial charge in [-0.2, -0.15) is 0 Å². The van der Waals surface area contributed by atoms with Crippen molar-refractivity contribution >= 4 is 5.69 Å². The molecule has 0 aliphatic carbocycles. The van der Waals surface area contributed by atoms with Crippen LogP contribution in [0.3, 0.4) is 0 Å². The molecule has 1 atom stereocenters. The van der Waals surface area contributed by atoms with Crippen LogP contribution >= 0.6 is 0 Å². The lowest BCUT2D eigenvalue weighted by molar-refractivity contribution is 0.174. The number of aliphatic hydroxyl groups excluding tert-OH is 1. The smallest absolute Gasteiger partial charge is 0.123 e. The van der Waals surface area contributed by atoms with E-state index in [0.29, 0.717) is 6.42 Å². The van der Waals surface area contributed by atoms with E-state index in [2.05, 4.69) is 11.0 Å². The van der Waals surface area contributed by atoms with Gasteiger partial charge in [0.2, 0.25) is 0 Å². The van der Waals surface area contributed by atoms with Crippen LogP contribution in [0.4, 0.5) is 5.69 Å². The van der Waals surface area contributed by atoms with E-state index in [1.807, 2.05) is 56.4 Å². The monoisotopic (exact) mass is 285 g/mol. The second-order valence-corrected chi connectivity index (χ2v) is 5.15. The highest BCUT2D eigenvalue weighted by Gasteiger charge is 2.14. The van der Waals surface area contributed by atoms with E-state index >= 15 is 0 Å². The Balaban J connectivity index is 2.26. The second kappa shape index (κ2) is 7.14. The van der Waals surface area contributed by atoms with Crippen LogP contribution in [0.1, 0.15) is 30.6 Å². The number of benzene rings is 2. The van der Waals surface area contributed by atoms with Crippen molar-refractivity contribution in [1.29, 1.82) is 0 Å². The van der Waals surface area contributed by atoms with Crippen LogP contribution in [-0.2, 0) is 6.54 Å². The summed E-state index contributed by atoms with van der Waals surface area (Å²) >= 11 is 0. The Morgan fingerprint density at radius 3 is 2.48 bits per heavy atom. The molecule has 2 aromatic carbocycles. The Bertz CT molecular complexity index is 583. The molecule has 0 aromatic heterocycles. The molecule has 0 radical (unpaired) electrons. The zero-order valence-corrected chi connectivity index (χ0v) is 12.9. The topological polar surface area (TPSA) is 32.7 Å². The summed E-state index contributed by atoms with van der Waals surface area (Å²) in [4.78, 5) is 2.14. The predicted octanol–water partition coefficient (Wildman–Crippen LogP) is 3.78. The Kier molecular flexibility index (Phi) is 5.23. The van der Waals surface area contributed by atoms with Crippen molar-refractivity contribution in [2.45, 2.75) is 26.0 Å². The summed E-state index contributed by atoms with van der Waals surface area (Å²) in [7, 11) is 3.72. The summed E-state index contributed by atoms with van der Waals surface area (Å²) in [5.74, 6) is 0.887. The molecule has 0 fully saturated rings. The van der Waals surface area contributed by atoms with Crippen molar-refractivity contribution in [3.05, 3.63) is 59.7 Å². The highest BCUT2D eigenvalue weighted by molar-refractivity contribution is 5.55. The van der Waals surface area contributed by atoms with Gasteiger partial charge in [0.1, 0.15) is 5.75 Å². The van der Waals surface area contributed by atoms with Gasteiger partial charge in [0.25, 0.3) is 0 Å². The molecule has 0 saturated heterocycles. The SMILES string of the molecule is CC[C@@H](O)c1ccccc1N(C)Cc1ccccc1OC. The summed E-state index contributed by atoms with van der Waals surface area (Å²) in [6.07, 6.45) is 0.279. The Morgan fingerprint density at radius 1 is 1.10 bits per heavy atom. The van der Waals surface area contributed by atoms with E-state index in [9.17, 15) is 5.11 Å². The van der Waals surface area contributed by atoms with Crippen molar-refractivity contribution in [3.8, 4) is 5.75 Å². The first kappa shape index (κ1) is 15.4. The number of anilines is 1. The van der Waals surface area contributed by atoms with Gasteiger partial charge in [-0.1, -0.05) is 43.3 Å². The molecule has 0 aliphatic heterocycles. The van der Waals surface area contributed by atoms with Crippen LogP contribution in [0.15, 0.2) is 48.5 Å². The van der Waals surface area contributed by atoms with Crippen LogP contribution in [0.2, 0.25) is 0 Å². The molecular weight excluding hydrogens is 262 g/mol. The Morgan fingerprint density at radius 2 is 1.76 bits per heavy atom. The van der Waals surface area contributed by atoms with E-state index < -0.39 is 6.10 Å². The summed E-state index contributed by atoms with van der Waals surface area (Å²) in [5.41, 5.74) is 3.15. The van der Waals surface area contributed by atoms with Crippen molar-refractivity contribution < 1.29 is 9.84 Å². The molecule has 1 N–H and O–H groups in total. The molecule has 2 rings (SSSR count). The Hall–Kier alpha value is -2.00. The lowest BCUT2D eigenvalue weighted by Crippen LogP contribution is -2.19. The molecule has 0 amide bonds. The number of hydrogen-bond donors (Lipinski definition) is 1. The quantitative estimate of drug-likeness (QED) is 0.877. The van der Waals surface area contributed by atoms with Gasteiger partial charge < -0.3 is 14.7 Å². The first-order chi connectivity index (χ1) is 10.2. The largest absolute Gasteiger partial charge is 0.496 e. The van der Waals surface area contributed by atoms with Crippen LogP contribution < -0.4 is 9.64 Å². The van der Waals surface area contributed by atoms with Crippen LogP contribution in [0.5, 0.6) is 5.75 Å². The van der Waals surface area contributed by atoms with E-state index in [-0.39, 0.29) is 0 Å². The first-order valence-electron chi connectivity index (χ1n) is 7.27. The fourth-order valence-electron chi connectivity index (χ4n) is 2.51. The molecule has 21 heavy (non-hydrogen) atoms. The van der Waals surface area contributed by atoms with Gasteiger partial charge in [0.05, 0.1) is 13.2 Å². The molecule has 0 spiro atoms. The van der Waals surface area contributed by atoms with Gasteiger partial charge in [0.15, 0.2) is 0 Å². The highest BCUT2D eigenvalue weighted by Crippen LogP contribution is 2.29. The van der Waals surface area contributed by atoms with E-state index in [0.717, 1.165) is 29.1 Å². The number of hydrogen-bond acceptors (Lipinski definition) is 3. The fraction of sp³-hybridized carbons (Fsp3) is 0.333. The third-order valence-electron chi connectivity index (χ3n) is 3.69. The molecule has 0 bridgehead atoms. The first-order valence-corrected chi connectivity index (χ1v) is 7.27. The minimum Gasteiger partial charge on any atom is -0.496 e. The summed E-state index contributed by atoms with van der Waals surface area (Å²) in [6, 6.07) is 16.0. The minimum absolute atomic E-state index is 0.429. The fourth-order valence-corrected chi connectivity index (χ4v) is 2.51. The number of methoxy groups -OCH3 is 1. The lowest BCUT2D eigenvalue weighted by Gasteiger charge is -2.25. The summed E-state index contributed by atoms with van der Waals surface area (Å²) in [6.45, 7) is 2.72. The zero-order valence-electron chi connectivity index (χ0n) is 12.9. The Labute approximate surface area is 126 Å². The van der Waals surface area contributed by atoms with Crippen LogP contribution in [0, 0.1) is 0 Å². The molecular formula is C18H23NO2. The average Bonchev–Trinajstić information content (AvgIpc) is 2.54. The number of nitrogens with zero attached hydrogens (tertiary/aromatic N) is 1.